The number of carbonyl (C=O) groups is 2. The first-order valence-corrected chi connectivity index (χ1v) is 6.32. The molecule has 0 aromatic heterocycles. The maximum absolute atomic E-state index is 11.8. The van der Waals surface area contributed by atoms with Crippen LogP contribution in [0, 0.1) is 11.8 Å². The molecule has 6 heteroatoms. The fourth-order valence-electron chi connectivity index (χ4n) is 2.06. The molecule has 0 saturated carbocycles. The summed E-state index contributed by atoms with van der Waals surface area (Å²) in [6.07, 6.45) is 0.314. The molecule has 1 aliphatic rings. The maximum Gasteiger partial charge on any atom is 0.317 e. The van der Waals surface area contributed by atoms with Crippen LogP contribution in [0.5, 0.6) is 0 Å². The number of carbonyl (C=O) groups excluding carboxylic acids is 1. The molecule has 1 saturated heterocycles. The molecule has 0 aromatic carbocycles. The molecule has 1 heterocycles. The highest BCUT2D eigenvalue weighted by atomic mass is 16.4. The van der Waals surface area contributed by atoms with E-state index >= 15 is 0 Å². The zero-order chi connectivity index (χ0) is 13.7. The summed E-state index contributed by atoms with van der Waals surface area (Å²) in [5, 5.41) is 20.9. The minimum atomic E-state index is -0.855. The number of piperidine rings is 1. The zero-order valence-corrected chi connectivity index (χ0v) is 10.9. The number of rotatable bonds is 4. The summed E-state index contributed by atoms with van der Waals surface area (Å²) in [5.74, 6) is -0.855. The molecule has 3 unspecified atom stereocenters. The van der Waals surface area contributed by atoms with Crippen molar-refractivity contribution in [2.24, 2.45) is 11.8 Å². The number of hydrogen-bond donors (Lipinski definition) is 3. The molecule has 3 atom stereocenters. The van der Waals surface area contributed by atoms with Gasteiger partial charge in [-0.2, -0.15) is 0 Å². The number of aliphatic carboxylic acids is 1. The maximum atomic E-state index is 11.8. The van der Waals surface area contributed by atoms with Crippen molar-refractivity contribution in [1.29, 1.82) is 0 Å². The molecule has 0 spiro atoms. The first-order valence-electron chi connectivity index (χ1n) is 6.32. The molecular formula is C12H22N2O4. The largest absolute Gasteiger partial charge is 0.481 e. The van der Waals surface area contributed by atoms with Crippen LogP contribution in [-0.2, 0) is 4.79 Å². The van der Waals surface area contributed by atoms with Crippen LogP contribution < -0.4 is 5.32 Å². The molecule has 1 rings (SSSR count). The van der Waals surface area contributed by atoms with Gasteiger partial charge in [0.15, 0.2) is 0 Å². The molecule has 6 nitrogen and oxygen atoms in total. The average Bonchev–Trinajstić information content (AvgIpc) is 2.28. The van der Waals surface area contributed by atoms with E-state index in [0.29, 0.717) is 26.1 Å². The molecule has 3 N–H and O–H groups in total. The van der Waals surface area contributed by atoms with Crippen molar-refractivity contribution in [3.8, 4) is 0 Å². The smallest absolute Gasteiger partial charge is 0.317 e. The van der Waals surface area contributed by atoms with Crippen molar-refractivity contribution in [2.75, 3.05) is 19.6 Å². The Labute approximate surface area is 107 Å². The van der Waals surface area contributed by atoms with E-state index in [0.717, 1.165) is 0 Å². The zero-order valence-electron chi connectivity index (χ0n) is 10.9. The van der Waals surface area contributed by atoms with Gasteiger partial charge >= 0.3 is 12.0 Å². The van der Waals surface area contributed by atoms with Crippen molar-refractivity contribution in [3.05, 3.63) is 0 Å². The number of nitrogens with one attached hydrogen (secondary N) is 1. The highest BCUT2D eigenvalue weighted by molar-refractivity contribution is 5.74. The van der Waals surface area contributed by atoms with E-state index in [1.165, 1.54) is 0 Å². The van der Waals surface area contributed by atoms with E-state index < -0.39 is 5.97 Å². The minimum absolute atomic E-state index is 0.0510. The normalized spacial score (nSPS) is 25.6. The molecule has 0 radical (unpaired) electrons. The Bertz CT molecular complexity index is 308. The fourth-order valence-corrected chi connectivity index (χ4v) is 2.06. The summed E-state index contributed by atoms with van der Waals surface area (Å²) in [6.45, 7) is 5.15. The van der Waals surface area contributed by atoms with Crippen LogP contribution in [0.25, 0.3) is 0 Å². The molecule has 1 aliphatic heterocycles. The van der Waals surface area contributed by atoms with Gasteiger partial charge in [0.25, 0.3) is 0 Å². The molecule has 0 bridgehead atoms. The summed E-state index contributed by atoms with van der Waals surface area (Å²) in [5.41, 5.74) is 0. The van der Waals surface area contributed by atoms with Gasteiger partial charge in [0, 0.05) is 26.1 Å². The number of carboxylic acids is 1. The first kappa shape index (κ1) is 14.8. The molecule has 1 fully saturated rings. The Hall–Kier alpha value is -1.30. The van der Waals surface area contributed by atoms with Crippen LogP contribution in [0.15, 0.2) is 0 Å². The molecule has 0 aliphatic carbocycles. The van der Waals surface area contributed by atoms with Crippen LogP contribution in [0.2, 0.25) is 0 Å². The fraction of sp³-hybridized carbons (Fsp3) is 0.833. The lowest BCUT2D eigenvalue weighted by molar-refractivity contribution is -0.137. The second-order valence-electron chi connectivity index (χ2n) is 5.17. The Morgan fingerprint density at radius 3 is 2.72 bits per heavy atom. The van der Waals surface area contributed by atoms with Crippen molar-refractivity contribution >= 4 is 12.0 Å². The standard InChI is InChI=1S/C12H22N2O4/c1-8(5-11(16)17)6-13-12(18)14-4-3-10(15)9(2)7-14/h8-10,15H,3-7H2,1-2H3,(H,13,18)(H,16,17). The van der Waals surface area contributed by atoms with Gasteiger partial charge < -0.3 is 20.4 Å². The number of nitrogens with zero attached hydrogens (tertiary/aromatic N) is 1. The lowest BCUT2D eigenvalue weighted by Crippen LogP contribution is -2.49. The van der Waals surface area contributed by atoms with Crippen molar-refractivity contribution in [1.82, 2.24) is 10.2 Å². The molecular weight excluding hydrogens is 236 g/mol. The monoisotopic (exact) mass is 258 g/mol. The molecule has 0 aromatic rings. The minimum Gasteiger partial charge on any atom is -0.481 e. The first-order chi connectivity index (χ1) is 8.40. The van der Waals surface area contributed by atoms with E-state index in [-0.39, 0.29) is 30.4 Å². The second kappa shape index (κ2) is 6.58. The number of amides is 2. The van der Waals surface area contributed by atoms with E-state index in [2.05, 4.69) is 5.32 Å². The third-order valence-corrected chi connectivity index (χ3v) is 3.27. The summed E-state index contributed by atoms with van der Waals surface area (Å²) >= 11 is 0. The number of aliphatic hydroxyl groups is 1. The van der Waals surface area contributed by atoms with E-state index in [9.17, 15) is 14.7 Å². The molecule has 18 heavy (non-hydrogen) atoms. The van der Waals surface area contributed by atoms with E-state index in [4.69, 9.17) is 5.11 Å². The Kier molecular flexibility index (Phi) is 5.40. The Morgan fingerprint density at radius 1 is 1.50 bits per heavy atom. The quantitative estimate of drug-likeness (QED) is 0.685. The SMILES string of the molecule is CC(CNC(=O)N1CCC(O)C(C)C1)CC(=O)O. The predicted octanol–water partition coefficient (Wildman–Crippen LogP) is 0.509. The van der Waals surface area contributed by atoms with Crippen LogP contribution in [0.3, 0.4) is 0 Å². The van der Waals surface area contributed by atoms with Gasteiger partial charge in [-0.25, -0.2) is 4.79 Å². The van der Waals surface area contributed by atoms with E-state index in [1.807, 2.05) is 6.92 Å². The number of aliphatic hydroxyl groups excluding tert-OH is 1. The Balaban J connectivity index is 2.30. The third-order valence-electron chi connectivity index (χ3n) is 3.27. The molecule has 104 valence electrons. The lowest BCUT2D eigenvalue weighted by atomic mass is 9.97. The second-order valence-corrected chi connectivity index (χ2v) is 5.17. The summed E-state index contributed by atoms with van der Waals surface area (Å²) in [4.78, 5) is 24.0. The highest BCUT2D eigenvalue weighted by Crippen LogP contribution is 2.16. The van der Waals surface area contributed by atoms with Gasteiger partial charge in [-0.15, -0.1) is 0 Å². The number of carboxylic acid groups (broad SMARTS) is 1. The number of likely N-dealkylation sites (tertiary alicyclic amines) is 1. The summed E-state index contributed by atoms with van der Waals surface area (Å²) < 4.78 is 0. The van der Waals surface area contributed by atoms with Crippen LogP contribution in [0.1, 0.15) is 26.7 Å². The topological polar surface area (TPSA) is 89.9 Å². The highest BCUT2D eigenvalue weighted by Gasteiger charge is 2.27. The lowest BCUT2D eigenvalue weighted by Gasteiger charge is -2.34. The Morgan fingerprint density at radius 2 is 2.17 bits per heavy atom. The number of hydrogen-bond acceptors (Lipinski definition) is 3. The van der Waals surface area contributed by atoms with Crippen molar-refractivity contribution in [3.63, 3.8) is 0 Å². The molecule has 2 amide bonds. The predicted molar refractivity (Wildman–Crippen MR) is 66.2 cm³/mol. The van der Waals surface area contributed by atoms with Gasteiger partial charge in [-0.3, -0.25) is 4.79 Å². The number of urea groups is 1. The van der Waals surface area contributed by atoms with E-state index in [1.54, 1.807) is 11.8 Å². The van der Waals surface area contributed by atoms with Gasteiger partial charge in [-0.1, -0.05) is 13.8 Å². The summed E-state index contributed by atoms with van der Waals surface area (Å²) in [7, 11) is 0. The van der Waals surface area contributed by atoms with Crippen LogP contribution in [-0.4, -0.2) is 52.9 Å². The van der Waals surface area contributed by atoms with Gasteiger partial charge in [0.05, 0.1) is 6.10 Å². The average molecular weight is 258 g/mol. The van der Waals surface area contributed by atoms with Gasteiger partial charge in [0.1, 0.15) is 0 Å². The van der Waals surface area contributed by atoms with Gasteiger partial charge in [0.2, 0.25) is 0 Å². The third kappa shape index (κ3) is 4.52. The van der Waals surface area contributed by atoms with Crippen molar-refractivity contribution < 1.29 is 19.8 Å². The van der Waals surface area contributed by atoms with Crippen molar-refractivity contribution in [2.45, 2.75) is 32.8 Å². The van der Waals surface area contributed by atoms with Crippen LogP contribution in [0.4, 0.5) is 4.79 Å². The van der Waals surface area contributed by atoms with Crippen LogP contribution >= 0.6 is 0 Å². The summed E-state index contributed by atoms with van der Waals surface area (Å²) in [6, 6.07) is -0.175. The van der Waals surface area contributed by atoms with Gasteiger partial charge in [-0.05, 0) is 18.3 Å².